The normalized spacial score (nSPS) is 12.2. The third-order valence-electron chi connectivity index (χ3n) is 4.26. The second kappa shape index (κ2) is 6.63. The van der Waals surface area contributed by atoms with Gasteiger partial charge < -0.3 is 15.7 Å². The number of aromatic nitrogens is 3. The highest BCUT2D eigenvalue weighted by molar-refractivity contribution is 6.31. The molecule has 2 aromatic carbocycles. The summed E-state index contributed by atoms with van der Waals surface area (Å²) in [7, 11) is 0. The average molecular weight is 408 g/mol. The molecule has 0 saturated heterocycles. The van der Waals surface area contributed by atoms with E-state index in [1.54, 1.807) is 23.0 Å². The van der Waals surface area contributed by atoms with E-state index in [4.69, 9.17) is 11.6 Å². The molecule has 2 heterocycles. The van der Waals surface area contributed by atoms with Crippen LogP contribution in [0.5, 0.6) is 0 Å². The molecule has 0 saturated carbocycles. The molecule has 28 heavy (non-hydrogen) atoms. The fourth-order valence-corrected chi connectivity index (χ4v) is 3.22. The first-order valence-corrected chi connectivity index (χ1v) is 9.00. The van der Waals surface area contributed by atoms with Gasteiger partial charge in [-0.15, -0.1) is 0 Å². The molecule has 5 nitrogen and oxygen atoms in total. The van der Waals surface area contributed by atoms with Gasteiger partial charge in [-0.2, -0.15) is 13.2 Å². The monoisotopic (exact) mass is 407 g/mol. The Hall–Kier alpha value is -2.87. The largest absolute Gasteiger partial charge is 0.416 e. The maximum Gasteiger partial charge on any atom is 0.416 e. The van der Waals surface area contributed by atoms with Crippen LogP contribution in [0.4, 0.5) is 24.8 Å². The van der Waals surface area contributed by atoms with Crippen LogP contribution in [-0.4, -0.2) is 20.7 Å². The highest BCUT2D eigenvalue weighted by Crippen LogP contribution is 2.33. The molecular formula is C19H17ClF3N5. The fourth-order valence-electron chi connectivity index (χ4n) is 3.05. The number of H-pyrrole nitrogens is 1. The summed E-state index contributed by atoms with van der Waals surface area (Å²) in [6, 6.07) is 8.99. The molecule has 0 unspecified atom stereocenters. The van der Waals surface area contributed by atoms with Gasteiger partial charge in [0, 0.05) is 28.2 Å². The minimum Gasteiger partial charge on any atom is -0.359 e. The second-order valence-electron chi connectivity index (χ2n) is 6.77. The molecule has 0 aliphatic rings. The predicted molar refractivity (Wildman–Crippen MR) is 106 cm³/mol. The number of alkyl halides is 3. The molecule has 2 aromatic heterocycles. The number of halogens is 4. The number of rotatable bonds is 4. The van der Waals surface area contributed by atoms with Gasteiger partial charge in [0.25, 0.3) is 0 Å². The number of anilines is 2. The van der Waals surface area contributed by atoms with Crippen molar-refractivity contribution in [1.82, 2.24) is 14.6 Å². The van der Waals surface area contributed by atoms with Crippen molar-refractivity contribution in [3.63, 3.8) is 0 Å². The Morgan fingerprint density at radius 3 is 2.64 bits per heavy atom. The second-order valence-corrected chi connectivity index (χ2v) is 7.21. The van der Waals surface area contributed by atoms with Crippen molar-refractivity contribution in [2.24, 2.45) is 0 Å². The van der Waals surface area contributed by atoms with Crippen molar-refractivity contribution in [3.8, 4) is 0 Å². The lowest BCUT2D eigenvalue weighted by Crippen LogP contribution is -2.23. The Bertz CT molecular complexity index is 1160. The van der Waals surface area contributed by atoms with E-state index in [0.29, 0.717) is 16.5 Å². The first-order valence-electron chi connectivity index (χ1n) is 8.62. The number of hydrogen-bond acceptors (Lipinski definition) is 3. The standard InChI is InChI=1S/C19H17ClF3N5/c1-10(2)27-28-17-6-3-11(19(21,22)23)7-15(17)25-18(28)26-16-9-24-14-5-4-12(20)8-13(14)16/h3-10,24,27H,1-2H3,(H,25,26). The zero-order valence-electron chi connectivity index (χ0n) is 15.0. The van der Waals surface area contributed by atoms with Crippen LogP contribution in [0.3, 0.4) is 0 Å². The van der Waals surface area contributed by atoms with Crippen molar-refractivity contribution >= 4 is 45.2 Å². The van der Waals surface area contributed by atoms with E-state index in [9.17, 15) is 13.2 Å². The molecule has 0 spiro atoms. The Kier molecular flexibility index (Phi) is 4.38. The lowest BCUT2D eigenvalue weighted by atomic mass is 10.2. The predicted octanol–water partition coefficient (Wildman–Crippen LogP) is 5.89. The number of fused-ring (bicyclic) bond motifs is 2. The highest BCUT2D eigenvalue weighted by Gasteiger charge is 2.31. The number of benzene rings is 2. The van der Waals surface area contributed by atoms with Crippen LogP contribution in [0.25, 0.3) is 21.9 Å². The fraction of sp³-hybridized carbons (Fsp3) is 0.211. The molecule has 9 heteroatoms. The molecule has 4 aromatic rings. The van der Waals surface area contributed by atoms with Crippen molar-refractivity contribution in [2.75, 3.05) is 10.7 Å². The summed E-state index contributed by atoms with van der Waals surface area (Å²) in [6.07, 6.45) is -2.66. The summed E-state index contributed by atoms with van der Waals surface area (Å²) in [6.45, 7) is 3.87. The third-order valence-corrected chi connectivity index (χ3v) is 4.49. The molecule has 0 bridgehead atoms. The van der Waals surface area contributed by atoms with Gasteiger partial charge in [0.05, 0.1) is 22.3 Å². The lowest BCUT2D eigenvalue weighted by Gasteiger charge is -2.16. The molecule has 146 valence electrons. The van der Waals surface area contributed by atoms with E-state index in [-0.39, 0.29) is 11.6 Å². The summed E-state index contributed by atoms with van der Waals surface area (Å²) >= 11 is 6.09. The van der Waals surface area contributed by atoms with Crippen LogP contribution >= 0.6 is 11.6 Å². The lowest BCUT2D eigenvalue weighted by molar-refractivity contribution is -0.137. The minimum atomic E-state index is -4.43. The van der Waals surface area contributed by atoms with Crippen LogP contribution in [0.15, 0.2) is 42.6 Å². The Balaban J connectivity index is 1.83. The van der Waals surface area contributed by atoms with Gasteiger partial charge in [0.1, 0.15) is 0 Å². The van der Waals surface area contributed by atoms with Gasteiger partial charge in [-0.25, -0.2) is 9.66 Å². The Morgan fingerprint density at radius 2 is 1.93 bits per heavy atom. The van der Waals surface area contributed by atoms with Crippen molar-refractivity contribution in [3.05, 3.63) is 53.2 Å². The summed E-state index contributed by atoms with van der Waals surface area (Å²) in [5.74, 6) is 0.379. The van der Waals surface area contributed by atoms with Crippen LogP contribution in [-0.2, 0) is 6.18 Å². The molecule has 0 aliphatic carbocycles. The van der Waals surface area contributed by atoms with Crippen molar-refractivity contribution in [2.45, 2.75) is 26.1 Å². The van der Waals surface area contributed by atoms with Gasteiger partial charge >= 0.3 is 6.18 Å². The maximum absolute atomic E-state index is 13.1. The molecule has 0 radical (unpaired) electrons. The number of nitrogens with one attached hydrogen (secondary N) is 3. The average Bonchev–Trinajstić information content (AvgIpc) is 3.15. The van der Waals surface area contributed by atoms with E-state index in [1.807, 2.05) is 19.9 Å². The Morgan fingerprint density at radius 1 is 1.14 bits per heavy atom. The van der Waals surface area contributed by atoms with Gasteiger partial charge in [-0.05, 0) is 50.2 Å². The molecule has 0 fully saturated rings. The van der Waals surface area contributed by atoms with Gasteiger partial charge in [-0.3, -0.25) is 0 Å². The van der Waals surface area contributed by atoms with Crippen LogP contribution in [0, 0.1) is 0 Å². The smallest absolute Gasteiger partial charge is 0.359 e. The summed E-state index contributed by atoms with van der Waals surface area (Å²) in [5.41, 5.74) is 4.85. The molecule has 4 rings (SSSR count). The summed E-state index contributed by atoms with van der Waals surface area (Å²) in [4.78, 5) is 7.52. The van der Waals surface area contributed by atoms with Crippen LogP contribution in [0.2, 0.25) is 5.02 Å². The van der Waals surface area contributed by atoms with Gasteiger partial charge in [0.15, 0.2) is 0 Å². The Labute approximate surface area is 163 Å². The number of hydrogen-bond donors (Lipinski definition) is 3. The first-order chi connectivity index (χ1) is 13.2. The molecule has 3 N–H and O–H groups in total. The van der Waals surface area contributed by atoms with Crippen molar-refractivity contribution in [1.29, 1.82) is 0 Å². The van der Waals surface area contributed by atoms with Gasteiger partial charge in [0.2, 0.25) is 5.95 Å². The summed E-state index contributed by atoms with van der Waals surface area (Å²) < 4.78 is 40.9. The topological polar surface area (TPSA) is 57.7 Å². The third kappa shape index (κ3) is 3.35. The van der Waals surface area contributed by atoms with E-state index < -0.39 is 11.7 Å². The van der Waals surface area contributed by atoms with E-state index >= 15 is 0 Å². The van der Waals surface area contributed by atoms with E-state index in [0.717, 1.165) is 28.7 Å². The number of aromatic amines is 1. The SMILES string of the molecule is CC(C)Nn1c(Nc2c[nH]c3ccc(Cl)cc23)nc2cc(C(F)(F)F)ccc21. The zero-order valence-corrected chi connectivity index (χ0v) is 15.8. The van der Waals surface area contributed by atoms with Crippen molar-refractivity contribution < 1.29 is 13.2 Å². The molecule has 0 amide bonds. The van der Waals surface area contributed by atoms with E-state index in [2.05, 4.69) is 20.7 Å². The maximum atomic E-state index is 13.1. The first kappa shape index (κ1) is 18.5. The molecular weight excluding hydrogens is 391 g/mol. The minimum absolute atomic E-state index is 0.0395. The summed E-state index contributed by atoms with van der Waals surface area (Å²) in [5, 5.41) is 4.63. The highest BCUT2D eigenvalue weighted by atomic mass is 35.5. The van der Waals surface area contributed by atoms with Crippen LogP contribution < -0.4 is 10.7 Å². The molecule has 0 aliphatic heterocycles. The number of imidazole rings is 1. The molecule has 0 atom stereocenters. The van der Waals surface area contributed by atoms with Crippen LogP contribution in [0.1, 0.15) is 19.4 Å². The quantitative estimate of drug-likeness (QED) is 0.395. The number of nitrogens with zero attached hydrogens (tertiary/aromatic N) is 2. The zero-order chi connectivity index (χ0) is 20.1. The van der Waals surface area contributed by atoms with E-state index in [1.165, 1.54) is 6.07 Å². The van der Waals surface area contributed by atoms with Gasteiger partial charge in [-0.1, -0.05) is 11.6 Å².